The fourth-order valence-corrected chi connectivity index (χ4v) is 3.95. The molecular formula is C24H26FN3O2. The van der Waals surface area contributed by atoms with Crippen molar-refractivity contribution < 1.29 is 13.6 Å². The Morgan fingerprint density at radius 3 is 2.57 bits per heavy atom. The minimum Gasteiger partial charge on any atom is -0.468 e. The number of aryl methyl sites for hydroxylation is 1. The second kappa shape index (κ2) is 9.13. The van der Waals surface area contributed by atoms with E-state index < -0.39 is 0 Å². The molecule has 156 valence electrons. The van der Waals surface area contributed by atoms with Crippen molar-refractivity contribution in [3.05, 3.63) is 89.6 Å². The van der Waals surface area contributed by atoms with E-state index in [0.29, 0.717) is 30.9 Å². The summed E-state index contributed by atoms with van der Waals surface area (Å²) in [7, 11) is 0. The van der Waals surface area contributed by atoms with Crippen molar-refractivity contribution in [3.63, 3.8) is 0 Å². The Hall–Kier alpha value is -3.12. The smallest absolute Gasteiger partial charge is 0.251 e. The van der Waals surface area contributed by atoms with Gasteiger partial charge in [0.1, 0.15) is 11.6 Å². The van der Waals surface area contributed by atoms with Crippen LogP contribution in [0.3, 0.4) is 0 Å². The van der Waals surface area contributed by atoms with Crippen LogP contribution in [0.4, 0.5) is 10.1 Å². The van der Waals surface area contributed by atoms with Crippen molar-refractivity contribution in [2.75, 3.05) is 37.6 Å². The van der Waals surface area contributed by atoms with Gasteiger partial charge in [0.25, 0.3) is 5.91 Å². The molecule has 4 rings (SSSR count). The first-order chi connectivity index (χ1) is 14.6. The molecule has 0 unspecified atom stereocenters. The van der Waals surface area contributed by atoms with Gasteiger partial charge in [-0.15, -0.1) is 0 Å². The third kappa shape index (κ3) is 4.54. The molecule has 0 radical (unpaired) electrons. The monoisotopic (exact) mass is 407 g/mol. The van der Waals surface area contributed by atoms with E-state index in [2.05, 4.69) is 15.1 Å². The molecule has 1 atom stereocenters. The van der Waals surface area contributed by atoms with Crippen LogP contribution in [0.5, 0.6) is 0 Å². The molecule has 1 N–H and O–H groups in total. The number of amides is 1. The molecule has 1 saturated heterocycles. The van der Waals surface area contributed by atoms with Crippen LogP contribution < -0.4 is 10.2 Å². The molecule has 3 aromatic rings. The maximum atomic E-state index is 14.1. The van der Waals surface area contributed by atoms with Gasteiger partial charge in [0.15, 0.2) is 0 Å². The highest BCUT2D eigenvalue weighted by atomic mass is 19.1. The number of anilines is 1. The average Bonchev–Trinajstić information content (AvgIpc) is 3.29. The second-order valence-corrected chi connectivity index (χ2v) is 7.59. The number of rotatable bonds is 6. The van der Waals surface area contributed by atoms with Gasteiger partial charge in [-0.1, -0.05) is 29.8 Å². The number of carbonyl (C=O) groups is 1. The first kappa shape index (κ1) is 20.2. The normalized spacial score (nSPS) is 15.7. The predicted octanol–water partition coefficient (Wildman–Crippen LogP) is 4.02. The summed E-state index contributed by atoms with van der Waals surface area (Å²) in [5, 5.41) is 3.05. The lowest BCUT2D eigenvalue weighted by molar-refractivity contribution is 0.0922. The summed E-state index contributed by atoms with van der Waals surface area (Å²) < 4.78 is 19.8. The Morgan fingerprint density at radius 2 is 1.87 bits per heavy atom. The van der Waals surface area contributed by atoms with Crippen molar-refractivity contribution in [1.82, 2.24) is 10.2 Å². The Kier molecular flexibility index (Phi) is 6.14. The number of nitrogens with one attached hydrogen (secondary N) is 1. The fraction of sp³-hybridized carbons (Fsp3) is 0.292. The summed E-state index contributed by atoms with van der Waals surface area (Å²) in [4.78, 5) is 17.0. The van der Waals surface area contributed by atoms with Crippen molar-refractivity contribution in [2.24, 2.45) is 0 Å². The number of halogens is 1. The molecule has 1 aliphatic rings. The molecule has 1 fully saturated rings. The van der Waals surface area contributed by atoms with Gasteiger partial charge in [0, 0.05) is 38.3 Å². The van der Waals surface area contributed by atoms with Gasteiger partial charge >= 0.3 is 0 Å². The molecule has 1 amide bonds. The summed E-state index contributed by atoms with van der Waals surface area (Å²) in [5.74, 6) is 0.526. The second-order valence-electron chi connectivity index (χ2n) is 7.59. The summed E-state index contributed by atoms with van der Waals surface area (Å²) >= 11 is 0. The van der Waals surface area contributed by atoms with E-state index >= 15 is 0 Å². The molecule has 5 nitrogen and oxygen atoms in total. The molecular weight excluding hydrogens is 381 g/mol. The number of benzene rings is 2. The lowest BCUT2D eigenvalue weighted by Gasteiger charge is -2.39. The maximum Gasteiger partial charge on any atom is 0.251 e. The van der Waals surface area contributed by atoms with Gasteiger partial charge in [0.2, 0.25) is 0 Å². The molecule has 0 spiro atoms. The highest BCUT2D eigenvalue weighted by Gasteiger charge is 2.28. The van der Waals surface area contributed by atoms with E-state index in [1.54, 1.807) is 12.3 Å². The number of para-hydroxylation sites is 1. The van der Waals surface area contributed by atoms with Gasteiger partial charge in [0.05, 0.1) is 18.0 Å². The van der Waals surface area contributed by atoms with Gasteiger partial charge < -0.3 is 14.6 Å². The van der Waals surface area contributed by atoms with Crippen LogP contribution in [0.2, 0.25) is 0 Å². The van der Waals surface area contributed by atoms with E-state index in [0.717, 1.165) is 24.4 Å². The minimum atomic E-state index is -0.195. The standard InChI is InChI=1S/C24H26FN3O2/c1-18-6-4-7-19(16-18)24(29)26-17-22(23-10-5-15-30-23)28-13-11-27(12-14-28)21-9-3-2-8-20(21)25/h2-10,15-16,22H,11-14,17H2,1H3,(H,26,29)/t22-/m1/s1. The van der Waals surface area contributed by atoms with Gasteiger partial charge in [-0.2, -0.15) is 0 Å². The fourth-order valence-electron chi connectivity index (χ4n) is 3.95. The molecule has 2 heterocycles. The molecule has 0 bridgehead atoms. The Labute approximate surface area is 176 Å². The van der Waals surface area contributed by atoms with E-state index in [1.807, 2.05) is 55.5 Å². The zero-order chi connectivity index (χ0) is 20.9. The molecule has 2 aromatic carbocycles. The van der Waals surface area contributed by atoms with E-state index in [4.69, 9.17) is 4.42 Å². The summed E-state index contributed by atoms with van der Waals surface area (Å²) in [6.07, 6.45) is 1.65. The Balaban J connectivity index is 1.42. The van der Waals surface area contributed by atoms with Crippen molar-refractivity contribution >= 4 is 11.6 Å². The van der Waals surface area contributed by atoms with Crippen molar-refractivity contribution in [3.8, 4) is 0 Å². The lowest BCUT2D eigenvalue weighted by atomic mass is 10.1. The van der Waals surface area contributed by atoms with Crippen LogP contribution in [0, 0.1) is 12.7 Å². The molecule has 0 aliphatic carbocycles. The molecule has 6 heteroatoms. The van der Waals surface area contributed by atoms with Gasteiger partial charge in [-0.25, -0.2) is 4.39 Å². The number of piperazine rings is 1. The largest absolute Gasteiger partial charge is 0.468 e. The van der Waals surface area contributed by atoms with Crippen LogP contribution in [-0.4, -0.2) is 43.5 Å². The number of nitrogens with zero attached hydrogens (tertiary/aromatic N) is 2. The number of hydrogen-bond acceptors (Lipinski definition) is 4. The number of carbonyl (C=O) groups excluding carboxylic acids is 1. The predicted molar refractivity (Wildman–Crippen MR) is 115 cm³/mol. The Bertz CT molecular complexity index is 982. The van der Waals surface area contributed by atoms with E-state index in [-0.39, 0.29) is 17.8 Å². The topological polar surface area (TPSA) is 48.7 Å². The van der Waals surface area contributed by atoms with Gasteiger partial charge in [-0.05, 0) is 43.3 Å². The number of hydrogen-bond donors (Lipinski definition) is 1. The molecule has 1 aliphatic heterocycles. The first-order valence-electron chi connectivity index (χ1n) is 10.2. The van der Waals surface area contributed by atoms with Crippen LogP contribution in [0.15, 0.2) is 71.3 Å². The first-order valence-corrected chi connectivity index (χ1v) is 10.2. The van der Waals surface area contributed by atoms with Crippen LogP contribution in [0.1, 0.15) is 27.7 Å². The van der Waals surface area contributed by atoms with Crippen molar-refractivity contribution in [1.29, 1.82) is 0 Å². The van der Waals surface area contributed by atoms with Crippen LogP contribution in [0.25, 0.3) is 0 Å². The van der Waals surface area contributed by atoms with E-state index in [9.17, 15) is 9.18 Å². The number of furan rings is 1. The summed E-state index contributed by atoms with van der Waals surface area (Å²) in [5.41, 5.74) is 2.34. The third-order valence-corrected chi connectivity index (χ3v) is 5.56. The lowest BCUT2D eigenvalue weighted by Crippen LogP contribution is -2.50. The highest BCUT2D eigenvalue weighted by molar-refractivity contribution is 5.94. The van der Waals surface area contributed by atoms with Crippen LogP contribution in [-0.2, 0) is 0 Å². The zero-order valence-corrected chi connectivity index (χ0v) is 17.1. The SMILES string of the molecule is Cc1cccc(C(=O)NC[C@H](c2ccco2)N2CCN(c3ccccc3F)CC2)c1. The highest BCUT2D eigenvalue weighted by Crippen LogP contribution is 2.25. The average molecular weight is 407 g/mol. The molecule has 1 aromatic heterocycles. The minimum absolute atomic E-state index is 0.0727. The third-order valence-electron chi connectivity index (χ3n) is 5.56. The maximum absolute atomic E-state index is 14.1. The Morgan fingerprint density at radius 1 is 1.07 bits per heavy atom. The summed E-state index contributed by atoms with van der Waals surface area (Å²) in [6, 6.07) is 18.2. The van der Waals surface area contributed by atoms with Gasteiger partial charge in [-0.3, -0.25) is 9.69 Å². The molecule has 30 heavy (non-hydrogen) atoms. The molecule has 0 saturated carbocycles. The van der Waals surface area contributed by atoms with Crippen LogP contribution >= 0.6 is 0 Å². The zero-order valence-electron chi connectivity index (χ0n) is 17.1. The van der Waals surface area contributed by atoms with E-state index in [1.165, 1.54) is 6.07 Å². The summed E-state index contributed by atoms with van der Waals surface area (Å²) in [6.45, 7) is 5.34. The van der Waals surface area contributed by atoms with Crippen molar-refractivity contribution in [2.45, 2.75) is 13.0 Å². The quantitative estimate of drug-likeness (QED) is 0.671.